The van der Waals surface area contributed by atoms with E-state index in [2.05, 4.69) is 18.0 Å². The van der Waals surface area contributed by atoms with E-state index in [0.29, 0.717) is 0 Å². The first-order valence-corrected chi connectivity index (χ1v) is 33.4. The summed E-state index contributed by atoms with van der Waals surface area (Å²) in [5.41, 5.74) is 0. The van der Waals surface area contributed by atoms with E-state index in [1.165, 1.54) is 0 Å². The van der Waals surface area contributed by atoms with E-state index in [9.17, 15) is 4.79 Å². The highest BCUT2D eigenvalue weighted by Crippen LogP contribution is 2.33. The van der Waals surface area contributed by atoms with Gasteiger partial charge in [-0.3, -0.25) is 4.79 Å². The molecule has 0 heterocycles. The maximum absolute atomic E-state index is 13.0. The monoisotopic (exact) mass is 879 g/mol. The summed E-state index contributed by atoms with van der Waals surface area (Å²) in [6.07, 6.45) is 5.90. The molecule has 0 unspecified atom stereocenters. The van der Waals surface area contributed by atoms with Crippen LogP contribution in [0.3, 0.4) is 0 Å². The van der Waals surface area contributed by atoms with Crippen molar-refractivity contribution in [2.24, 2.45) is 0 Å². The van der Waals surface area contributed by atoms with E-state index in [0.717, 1.165) is 112 Å². The lowest BCUT2D eigenvalue weighted by molar-refractivity contribution is -0.128. The second kappa shape index (κ2) is 27.9. The quantitative estimate of drug-likeness (QED) is 0.0610. The molecule has 0 aliphatic heterocycles. The molecule has 0 aliphatic carbocycles. The Morgan fingerprint density at radius 2 is 0.537 bits per heavy atom. The first kappa shape index (κ1) is 54.3. The Labute approximate surface area is 336 Å². The second-order valence-electron chi connectivity index (χ2n) is 14.9. The van der Waals surface area contributed by atoms with Gasteiger partial charge >= 0.3 is 35.2 Å². The van der Waals surface area contributed by atoms with Crippen LogP contribution in [0.15, 0.2) is 0 Å². The highest BCUT2D eigenvalue weighted by Gasteiger charge is 2.42. The summed E-state index contributed by atoms with van der Waals surface area (Å²) in [6, 6.07) is 9.89. The van der Waals surface area contributed by atoms with Crippen LogP contribution in [0.1, 0.15) is 45.4 Å². The lowest BCUT2D eigenvalue weighted by Crippen LogP contribution is -2.44. The molecule has 0 spiro atoms. The summed E-state index contributed by atoms with van der Waals surface area (Å²) >= 11 is 0. The predicted molar refractivity (Wildman–Crippen MR) is 228 cm³/mol. The van der Waals surface area contributed by atoms with Gasteiger partial charge in [-0.15, -0.1) is 0 Å². The van der Waals surface area contributed by atoms with Crippen molar-refractivity contribution >= 4 is 57.3 Å². The molecule has 0 saturated heterocycles. The molecule has 0 radical (unpaired) electrons. The molecule has 0 atom stereocenters. The van der Waals surface area contributed by atoms with Gasteiger partial charge in [-0.1, -0.05) is 75.0 Å². The topological polar surface area (TPSA) is 131 Å². The number of carbonyl (C=O) groups is 1. The van der Waals surface area contributed by atoms with E-state index in [-0.39, 0.29) is 5.91 Å². The summed E-state index contributed by atoms with van der Waals surface area (Å²) in [7, 11) is 6.00. The Balaban J connectivity index is 5.74. The summed E-state index contributed by atoms with van der Waals surface area (Å²) in [5.74, 6) is 0.140. The van der Waals surface area contributed by atoms with Crippen molar-refractivity contribution < 1.29 is 57.9 Å². The molecule has 1 amide bonds. The number of nitrogens with zero attached hydrogens (tertiary/aromatic N) is 1. The normalized spacial score (nSPS) is 13.5. The third kappa shape index (κ3) is 18.5. The van der Waals surface area contributed by atoms with Crippen molar-refractivity contribution in [1.82, 2.24) is 4.90 Å². The molecular weight excluding hydrogens is 799 g/mol. The van der Waals surface area contributed by atoms with Crippen LogP contribution >= 0.6 is 0 Å². The van der Waals surface area contributed by atoms with Gasteiger partial charge in [0, 0.05) is 130 Å². The van der Waals surface area contributed by atoms with Crippen molar-refractivity contribution in [3.63, 3.8) is 0 Å². The largest absolute Gasteiger partial charge is 0.500 e. The Kier molecular flexibility index (Phi) is 28.0. The third-order valence-corrected chi connectivity index (χ3v) is 32.3. The van der Waals surface area contributed by atoms with Crippen LogP contribution in [-0.2, 0) is 57.9 Å². The van der Waals surface area contributed by atoms with Gasteiger partial charge in [-0.05, 0) is 12.8 Å². The van der Waals surface area contributed by atoms with Crippen molar-refractivity contribution in [3.05, 3.63) is 0 Å². The van der Waals surface area contributed by atoms with Crippen LogP contribution < -0.4 is 0 Å². The molecule has 0 N–H and O–H groups in total. The zero-order valence-corrected chi connectivity index (χ0v) is 43.0. The average Bonchev–Trinajstić information content (AvgIpc) is 3.18. The smallest absolute Gasteiger partial charge is 0.377 e. The second-order valence-corrected chi connectivity index (χ2v) is 37.5. The van der Waals surface area contributed by atoms with Crippen LogP contribution in [0.2, 0.25) is 73.5 Å². The van der Waals surface area contributed by atoms with E-state index < -0.39 is 51.4 Å². The van der Waals surface area contributed by atoms with Crippen LogP contribution in [0, 0.1) is 0 Å². The highest BCUT2D eigenvalue weighted by atomic mass is 28.4. The molecule has 20 heteroatoms. The lowest BCUT2D eigenvalue weighted by atomic mass is 10.3. The molecule has 54 heavy (non-hydrogen) atoms. The van der Waals surface area contributed by atoms with Crippen LogP contribution in [0.25, 0.3) is 0 Å². The highest BCUT2D eigenvalue weighted by molar-refractivity contribution is 6.79. The Morgan fingerprint density at radius 3 is 0.704 bits per heavy atom. The fourth-order valence-electron chi connectivity index (χ4n) is 7.72. The number of hydrogen-bond acceptors (Lipinski definition) is 13. The van der Waals surface area contributed by atoms with Crippen LogP contribution in [-0.4, -0.2) is 161 Å². The number of carbonyl (C=O) groups excluding carboxylic acids is 1. The van der Waals surface area contributed by atoms with Gasteiger partial charge in [0.05, 0.1) is 16.1 Å². The molecule has 0 aromatic carbocycles. The Bertz CT molecular complexity index is 823. The number of rotatable bonds is 36. The molecule has 0 aromatic heterocycles. The summed E-state index contributed by atoms with van der Waals surface area (Å²) < 4.78 is 68.6. The SMILES string of the molecule is CO[Si](CCC[Si](C)(CCCN(CCC[Si](C)(CCC[Si](OC)(OC)OC)CCC[Si](OC)(OC)OC)C(C)=O)CCC[Si](OC)(OC)OC)(OC)OC. The number of hydrogen-bond donors (Lipinski definition) is 0. The summed E-state index contributed by atoms with van der Waals surface area (Å²) in [5, 5.41) is 0. The zero-order valence-electron chi connectivity index (χ0n) is 37.0. The maximum Gasteiger partial charge on any atom is 0.500 e. The van der Waals surface area contributed by atoms with Gasteiger partial charge in [0.15, 0.2) is 0 Å². The minimum atomic E-state index is -2.65. The van der Waals surface area contributed by atoms with Crippen molar-refractivity contribution in [1.29, 1.82) is 0 Å². The van der Waals surface area contributed by atoms with Gasteiger partial charge in [-0.25, -0.2) is 0 Å². The summed E-state index contributed by atoms with van der Waals surface area (Å²) in [4.78, 5) is 15.0. The molecule has 324 valence electrons. The Hall–Kier alpha value is 0.291. The van der Waals surface area contributed by atoms with Crippen molar-refractivity contribution in [2.45, 2.75) is 119 Å². The van der Waals surface area contributed by atoms with Crippen LogP contribution in [0.5, 0.6) is 0 Å². The first-order chi connectivity index (χ1) is 25.6. The standard InChI is InChI=1S/C34H81NO13Si6/c1-34(36)35(22-16-24-49(14,26-18-30-51(37-2,38-3)39-4)27-19-31-52(40-5,41-6)42-7)23-17-25-50(15,28-20-32-53(43-8,44-9)45-10)29-21-33-54(46-11,47-12)48-13/h16-33H2,1-15H3. The van der Waals surface area contributed by atoms with E-state index in [1.807, 2.05) is 0 Å². The third-order valence-electron chi connectivity index (χ3n) is 11.6. The average molecular weight is 881 g/mol. The zero-order chi connectivity index (χ0) is 41.4. The molecule has 0 saturated carbocycles. The fourth-order valence-corrected chi connectivity index (χ4v) is 23.7. The molecule has 0 aromatic rings. The fraction of sp³-hybridized carbons (Fsp3) is 0.971. The molecule has 0 aliphatic rings. The van der Waals surface area contributed by atoms with Gasteiger partial charge < -0.3 is 58.0 Å². The minimum Gasteiger partial charge on any atom is -0.377 e. The lowest BCUT2D eigenvalue weighted by Gasteiger charge is -2.33. The minimum absolute atomic E-state index is 0.140. The van der Waals surface area contributed by atoms with E-state index in [4.69, 9.17) is 53.1 Å². The molecule has 0 rings (SSSR count). The first-order valence-electron chi connectivity index (χ1n) is 19.4. The number of amides is 1. The Morgan fingerprint density at radius 1 is 0.352 bits per heavy atom. The van der Waals surface area contributed by atoms with Crippen molar-refractivity contribution in [2.75, 3.05) is 98.4 Å². The van der Waals surface area contributed by atoms with Gasteiger partial charge in [0.2, 0.25) is 5.91 Å². The molecule has 0 bridgehead atoms. The molecule has 0 fully saturated rings. The van der Waals surface area contributed by atoms with E-state index >= 15 is 0 Å². The van der Waals surface area contributed by atoms with Crippen LogP contribution in [0.4, 0.5) is 0 Å². The summed E-state index contributed by atoms with van der Waals surface area (Å²) in [6.45, 7) is 8.23. The van der Waals surface area contributed by atoms with Crippen molar-refractivity contribution in [3.8, 4) is 0 Å². The predicted octanol–water partition coefficient (Wildman–Crippen LogP) is 6.85. The van der Waals surface area contributed by atoms with Gasteiger partial charge in [0.1, 0.15) is 0 Å². The van der Waals surface area contributed by atoms with Gasteiger partial charge in [-0.2, -0.15) is 0 Å². The van der Waals surface area contributed by atoms with E-state index in [1.54, 1.807) is 92.2 Å². The van der Waals surface area contributed by atoms with Gasteiger partial charge in [0.25, 0.3) is 0 Å². The molecule has 14 nitrogen and oxygen atoms in total. The molecular formula is C34H81NO13Si6. The maximum atomic E-state index is 13.0.